The number of carbonyl (C=O) groups excluding carboxylic acids is 1. The van der Waals surface area contributed by atoms with Gasteiger partial charge in [-0.25, -0.2) is 0 Å². The summed E-state index contributed by atoms with van der Waals surface area (Å²) in [6.45, 7) is 0.160. The van der Waals surface area contributed by atoms with Crippen molar-refractivity contribution in [3.63, 3.8) is 0 Å². The van der Waals surface area contributed by atoms with Crippen molar-refractivity contribution in [1.82, 2.24) is 0 Å². The summed E-state index contributed by atoms with van der Waals surface area (Å²) in [6, 6.07) is 11.5. The van der Waals surface area contributed by atoms with Crippen LogP contribution in [0.25, 0.3) is 0 Å². The number of para-hydroxylation sites is 1. The summed E-state index contributed by atoms with van der Waals surface area (Å²) >= 11 is 5.83. The molecule has 0 spiro atoms. The second-order valence-corrected chi connectivity index (χ2v) is 4.91. The number of nitrogens with two attached hydrogens (primary N) is 1. The number of hydrogen-bond acceptors (Lipinski definition) is 4. The quantitative estimate of drug-likeness (QED) is 0.918. The molecule has 1 unspecified atom stereocenters. The van der Waals surface area contributed by atoms with Gasteiger partial charge < -0.3 is 15.2 Å². The predicted molar refractivity (Wildman–Crippen MR) is 83.0 cm³/mol. The Kier molecular flexibility index (Phi) is 4.73. The molecule has 0 radical (unpaired) electrons. The highest BCUT2D eigenvalue weighted by atomic mass is 35.5. The van der Waals surface area contributed by atoms with Gasteiger partial charge >= 0.3 is 0 Å². The molecule has 3 rings (SSSR count). The van der Waals surface area contributed by atoms with Crippen LogP contribution in [-0.4, -0.2) is 18.4 Å². The van der Waals surface area contributed by atoms with Crippen molar-refractivity contribution in [1.29, 1.82) is 0 Å². The summed E-state index contributed by atoms with van der Waals surface area (Å²) < 4.78 is 11.3. The molecule has 0 saturated heterocycles. The number of halogens is 2. The molecule has 6 heteroatoms. The average Bonchev–Trinajstić information content (AvgIpc) is 2.46. The van der Waals surface area contributed by atoms with Crippen molar-refractivity contribution in [3.05, 3.63) is 53.1 Å². The first-order chi connectivity index (χ1) is 9.65. The monoisotopic (exact) mass is 325 g/mol. The highest BCUT2D eigenvalue weighted by Crippen LogP contribution is 2.37. The van der Waals surface area contributed by atoms with Gasteiger partial charge in [0.05, 0.1) is 5.56 Å². The number of hydrogen-bond donors (Lipinski definition) is 1. The van der Waals surface area contributed by atoms with Crippen molar-refractivity contribution in [2.75, 3.05) is 6.61 Å². The Morgan fingerprint density at radius 3 is 2.62 bits per heavy atom. The zero-order valence-electron chi connectivity index (χ0n) is 10.9. The minimum atomic E-state index is -0.617. The number of ether oxygens (including phenoxy) is 2. The number of ketones is 1. The van der Waals surface area contributed by atoms with Gasteiger partial charge in [-0.3, -0.25) is 4.79 Å². The molecule has 110 valence electrons. The Labute approximate surface area is 133 Å². The molecule has 0 aromatic heterocycles. The SMILES string of the molecule is Cl.NC1COc2c(Oc3ccc(Cl)cc3)cccc2C1=O. The van der Waals surface area contributed by atoms with Crippen molar-refractivity contribution < 1.29 is 14.3 Å². The third kappa shape index (κ3) is 3.13. The van der Waals surface area contributed by atoms with Gasteiger partial charge in [-0.2, -0.15) is 0 Å². The smallest absolute Gasteiger partial charge is 0.186 e. The van der Waals surface area contributed by atoms with Crippen molar-refractivity contribution in [2.24, 2.45) is 5.73 Å². The lowest BCUT2D eigenvalue weighted by Crippen LogP contribution is -2.40. The first-order valence-corrected chi connectivity index (χ1v) is 6.52. The average molecular weight is 326 g/mol. The summed E-state index contributed by atoms with van der Waals surface area (Å²) in [5, 5.41) is 0.629. The molecule has 1 aliphatic rings. The third-order valence-electron chi connectivity index (χ3n) is 3.03. The van der Waals surface area contributed by atoms with Gasteiger partial charge in [0, 0.05) is 5.02 Å². The number of Topliss-reactive ketones (excluding diaryl/α,β-unsaturated/α-hetero) is 1. The van der Waals surface area contributed by atoms with E-state index in [0.717, 1.165) is 0 Å². The van der Waals surface area contributed by atoms with Crippen LogP contribution >= 0.6 is 24.0 Å². The van der Waals surface area contributed by atoms with Crippen LogP contribution in [0, 0.1) is 0 Å². The fraction of sp³-hybridized carbons (Fsp3) is 0.133. The molecule has 2 N–H and O–H groups in total. The lowest BCUT2D eigenvalue weighted by atomic mass is 10.0. The molecular weight excluding hydrogens is 313 g/mol. The van der Waals surface area contributed by atoms with E-state index in [2.05, 4.69) is 0 Å². The zero-order chi connectivity index (χ0) is 14.1. The molecule has 21 heavy (non-hydrogen) atoms. The van der Waals surface area contributed by atoms with Gasteiger partial charge in [0.25, 0.3) is 0 Å². The number of carbonyl (C=O) groups is 1. The summed E-state index contributed by atoms with van der Waals surface area (Å²) in [4.78, 5) is 12.0. The van der Waals surface area contributed by atoms with Crippen LogP contribution < -0.4 is 15.2 Å². The number of rotatable bonds is 2. The summed E-state index contributed by atoms with van der Waals surface area (Å²) in [6.07, 6.45) is 0. The van der Waals surface area contributed by atoms with Gasteiger partial charge in [0.15, 0.2) is 17.3 Å². The summed E-state index contributed by atoms with van der Waals surface area (Å²) in [5.41, 5.74) is 6.14. The lowest BCUT2D eigenvalue weighted by Gasteiger charge is -2.23. The van der Waals surface area contributed by atoms with E-state index in [1.54, 1.807) is 42.5 Å². The normalized spacial score (nSPS) is 16.5. The van der Waals surface area contributed by atoms with Gasteiger partial charge in [0.2, 0.25) is 0 Å². The lowest BCUT2D eigenvalue weighted by molar-refractivity contribution is 0.0897. The minimum Gasteiger partial charge on any atom is -0.487 e. The van der Waals surface area contributed by atoms with E-state index in [1.165, 1.54) is 0 Å². The van der Waals surface area contributed by atoms with Crippen molar-refractivity contribution >= 4 is 29.8 Å². The molecule has 0 aliphatic carbocycles. The molecule has 0 amide bonds. The molecule has 1 aliphatic heterocycles. The van der Waals surface area contributed by atoms with Gasteiger partial charge in [-0.05, 0) is 36.4 Å². The van der Waals surface area contributed by atoms with Crippen LogP contribution in [0.4, 0.5) is 0 Å². The Morgan fingerprint density at radius 2 is 1.90 bits per heavy atom. The summed E-state index contributed by atoms with van der Waals surface area (Å²) in [5.74, 6) is 1.42. The number of benzene rings is 2. The molecule has 0 saturated carbocycles. The largest absolute Gasteiger partial charge is 0.487 e. The van der Waals surface area contributed by atoms with Crippen LogP contribution in [0.2, 0.25) is 5.02 Å². The maximum atomic E-state index is 12.0. The van der Waals surface area contributed by atoms with E-state index < -0.39 is 6.04 Å². The minimum absolute atomic E-state index is 0. The molecule has 2 aromatic rings. The maximum absolute atomic E-state index is 12.0. The second-order valence-electron chi connectivity index (χ2n) is 4.47. The second kappa shape index (κ2) is 6.35. The molecule has 2 aromatic carbocycles. The van der Waals surface area contributed by atoms with E-state index in [-0.39, 0.29) is 24.8 Å². The molecule has 4 nitrogen and oxygen atoms in total. The van der Waals surface area contributed by atoms with Gasteiger partial charge in [0.1, 0.15) is 18.4 Å². The van der Waals surface area contributed by atoms with E-state index >= 15 is 0 Å². The zero-order valence-corrected chi connectivity index (χ0v) is 12.5. The first kappa shape index (κ1) is 15.6. The maximum Gasteiger partial charge on any atom is 0.186 e. The van der Waals surface area contributed by atoms with E-state index in [1.807, 2.05) is 0 Å². The van der Waals surface area contributed by atoms with E-state index in [0.29, 0.717) is 27.8 Å². The highest BCUT2D eigenvalue weighted by Gasteiger charge is 2.28. The van der Waals surface area contributed by atoms with Crippen LogP contribution in [0.15, 0.2) is 42.5 Å². The standard InChI is InChI=1S/C15H12ClNO3.ClH/c16-9-4-6-10(7-5-9)20-13-3-1-2-11-14(18)12(17)8-19-15(11)13;/h1-7,12H,8,17H2;1H. The van der Waals surface area contributed by atoms with Crippen LogP contribution in [0.1, 0.15) is 10.4 Å². The van der Waals surface area contributed by atoms with Gasteiger partial charge in [-0.15, -0.1) is 12.4 Å². The van der Waals surface area contributed by atoms with E-state index in [9.17, 15) is 4.79 Å². The molecular formula is C15H13Cl2NO3. The molecule has 1 atom stereocenters. The topological polar surface area (TPSA) is 61.6 Å². The van der Waals surface area contributed by atoms with Crippen molar-refractivity contribution in [2.45, 2.75) is 6.04 Å². The van der Waals surface area contributed by atoms with Gasteiger partial charge in [-0.1, -0.05) is 17.7 Å². The highest BCUT2D eigenvalue weighted by molar-refractivity contribution is 6.30. The Hall–Kier alpha value is -1.75. The Morgan fingerprint density at radius 1 is 1.19 bits per heavy atom. The Bertz CT molecular complexity index is 658. The molecule has 0 bridgehead atoms. The fourth-order valence-electron chi connectivity index (χ4n) is 2.02. The fourth-order valence-corrected chi connectivity index (χ4v) is 2.14. The first-order valence-electron chi connectivity index (χ1n) is 6.14. The van der Waals surface area contributed by atoms with Crippen molar-refractivity contribution in [3.8, 4) is 17.2 Å². The summed E-state index contributed by atoms with van der Waals surface area (Å²) in [7, 11) is 0. The number of fused-ring (bicyclic) bond motifs is 1. The molecule has 0 fully saturated rings. The van der Waals surface area contributed by atoms with Crippen LogP contribution in [-0.2, 0) is 0 Å². The molecule has 1 heterocycles. The predicted octanol–water partition coefficient (Wildman–Crippen LogP) is 3.46. The van der Waals surface area contributed by atoms with E-state index in [4.69, 9.17) is 26.8 Å². The van der Waals surface area contributed by atoms with Crippen LogP contribution in [0.5, 0.6) is 17.2 Å². The van der Waals surface area contributed by atoms with Crippen LogP contribution in [0.3, 0.4) is 0 Å². The third-order valence-corrected chi connectivity index (χ3v) is 3.28. The Balaban J connectivity index is 0.00000161.